The van der Waals surface area contributed by atoms with Crippen molar-refractivity contribution in [1.82, 2.24) is 15.0 Å². The Bertz CT molecular complexity index is 946. The van der Waals surface area contributed by atoms with Crippen molar-refractivity contribution in [2.45, 2.75) is 12.8 Å². The van der Waals surface area contributed by atoms with Gasteiger partial charge in [0.25, 0.3) is 0 Å². The summed E-state index contributed by atoms with van der Waals surface area (Å²) in [5.74, 6) is 0.813. The van der Waals surface area contributed by atoms with Crippen molar-refractivity contribution in [3.05, 3.63) is 70.5 Å². The van der Waals surface area contributed by atoms with Crippen molar-refractivity contribution < 1.29 is 4.39 Å². The minimum Gasteiger partial charge on any atom is -0.369 e. The molecule has 7 heteroatoms. The molecule has 126 valence electrons. The second-order valence-electron chi connectivity index (χ2n) is 5.89. The number of fused-ring (bicyclic) bond motifs is 1. The predicted molar refractivity (Wildman–Crippen MR) is 96.0 cm³/mol. The fraction of sp³-hybridized carbons (Fsp3) is 0.167. The molecular formula is C18H15ClFN5. The van der Waals surface area contributed by atoms with Crippen LogP contribution in [0.25, 0.3) is 0 Å². The van der Waals surface area contributed by atoms with Gasteiger partial charge in [-0.3, -0.25) is 0 Å². The van der Waals surface area contributed by atoms with Crippen molar-refractivity contribution in [1.29, 1.82) is 0 Å². The molecule has 25 heavy (non-hydrogen) atoms. The summed E-state index contributed by atoms with van der Waals surface area (Å²) < 4.78 is 14.2. The number of rotatable bonds is 3. The van der Waals surface area contributed by atoms with E-state index in [9.17, 15) is 4.39 Å². The third-order valence-corrected chi connectivity index (χ3v) is 4.41. The molecule has 1 unspecified atom stereocenters. The molecule has 2 aromatic heterocycles. The third kappa shape index (κ3) is 3.00. The molecule has 0 aliphatic carbocycles. The third-order valence-electron chi connectivity index (χ3n) is 4.21. The fourth-order valence-electron chi connectivity index (χ4n) is 2.88. The van der Waals surface area contributed by atoms with Gasteiger partial charge in [-0.2, -0.15) is 0 Å². The summed E-state index contributed by atoms with van der Waals surface area (Å²) >= 11 is 6.05. The van der Waals surface area contributed by atoms with Gasteiger partial charge in [0.2, 0.25) is 0 Å². The van der Waals surface area contributed by atoms with Crippen LogP contribution in [0.15, 0.2) is 42.7 Å². The smallest absolute Gasteiger partial charge is 0.184 e. The summed E-state index contributed by atoms with van der Waals surface area (Å²) in [6.45, 7) is 2.55. The van der Waals surface area contributed by atoms with Crippen molar-refractivity contribution in [3.8, 4) is 0 Å². The van der Waals surface area contributed by atoms with Crippen LogP contribution in [0.1, 0.15) is 22.9 Å². The van der Waals surface area contributed by atoms with E-state index < -0.39 is 5.82 Å². The second kappa shape index (κ2) is 6.29. The zero-order chi connectivity index (χ0) is 17.4. The molecule has 3 aromatic rings. The Hall–Kier alpha value is -2.73. The number of nitrogens with one attached hydrogen (secondary N) is 2. The lowest BCUT2D eigenvalue weighted by atomic mass is 10.0. The van der Waals surface area contributed by atoms with E-state index in [2.05, 4.69) is 25.6 Å². The van der Waals surface area contributed by atoms with E-state index in [4.69, 9.17) is 11.6 Å². The number of anilines is 3. The normalized spacial score (nSPS) is 15.6. The minimum absolute atomic E-state index is 0.126. The van der Waals surface area contributed by atoms with Crippen molar-refractivity contribution >= 4 is 28.9 Å². The molecule has 0 amide bonds. The van der Waals surface area contributed by atoms with Gasteiger partial charge in [0, 0.05) is 24.0 Å². The number of para-hydroxylation sites is 1. The van der Waals surface area contributed by atoms with Gasteiger partial charge in [-0.1, -0.05) is 29.8 Å². The van der Waals surface area contributed by atoms with Crippen molar-refractivity contribution in [2.24, 2.45) is 0 Å². The molecule has 1 aliphatic heterocycles. The van der Waals surface area contributed by atoms with Gasteiger partial charge in [0.05, 0.1) is 17.1 Å². The summed E-state index contributed by atoms with van der Waals surface area (Å²) in [5, 5.41) is 6.81. The first-order valence-electron chi connectivity index (χ1n) is 7.86. The van der Waals surface area contributed by atoms with Crippen molar-refractivity contribution in [2.75, 3.05) is 17.2 Å². The number of hydrogen-bond acceptors (Lipinski definition) is 5. The molecule has 1 atom stereocenters. The lowest BCUT2D eigenvalue weighted by Crippen LogP contribution is -2.11. The summed E-state index contributed by atoms with van der Waals surface area (Å²) in [6, 6.07) is 9.50. The number of hydrogen-bond donors (Lipinski definition) is 2. The summed E-state index contributed by atoms with van der Waals surface area (Å²) in [5.41, 5.74) is 2.73. The Morgan fingerprint density at radius 1 is 1.24 bits per heavy atom. The predicted octanol–water partition coefficient (Wildman–Crippen LogP) is 4.27. The van der Waals surface area contributed by atoms with E-state index in [1.807, 2.05) is 37.3 Å². The van der Waals surface area contributed by atoms with Gasteiger partial charge in [0.15, 0.2) is 11.6 Å². The first-order valence-corrected chi connectivity index (χ1v) is 8.24. The highest BCUT2D eigenvalue weighted by Gasteiger charge is 2.28. The van der Waals surface area contributed by atoms with Gasteiger partial charge >= 0.3 is 0 Å². The first-order chi connectivity index (χ1) is 12.1. The zero-order valence-corrected chi connectivity index (χ0v) is 14.2. The maximum atomic E-state index is 14.2. The van der Waals surface area contributed by atoms with Crippen molar-refractivity contribution in [3.63, 3.8) is 0 Å². The Balaban J connectivity index is 1.70. The quantitative estimate of drug-likeness (QED) is 0.734. The van der Waals surface area contributed by atoms with Crippen LogP contribution in [0.5, 0.6) is 0 Å². The van der Waals surface area contributed by atoms with Gasteiger partial charge in [-0.05, 0) is 24.6 Å². The molecule has 5 nitrogen and oxygen atoms in total. The average molecular weight is 356 g/mol. The SMILES string of the molecule is Cc1ccccc1Nc1nc(C2CNc3ncc(Cl)cc32)ncc1F. The lowest BCUT2D eigenvalue weighted by molar-refractivity contribution is 0.611. The number of aryl methyl sites for hydroxylation is 1. The van der Waals surface area contributed by atoms with Crippen LogP contribution < -0.4 is 10.6 Å². The van der Waals surface area contributed by atoms with E-state index in [0.29, 0.717) is 17.4 Å². The Kier molecular flexibility index (Phi) is 3.97. The maximum Gasteiger partial charge on any atom is 0.184 e. The highest BCUT2D eigenvalue weighted by Crippen LogP contribution is 2.35. The monoisotopic (exact) mass is 355 g/mol. The molecule has 2 N–H and O–H groups in total. The van der Waals surface area contributed by atoms with Gasteiger partial charge in [0.1, 0.15) is 11.6 Å². The number of nitrogens with zero attached hydrogens (tertiary/aromatic N) is 3. The molecule has 0 saturated heterocycles. The molecule has 1 aliphatic rings. The van der Waals surface area contributed by atoms with Crippen LogP contribution in [0, 0.1) is 12.7 Å². The summed E-state index contributed by atoms with van der Waals surface area (Å²) in [7, 11) is 0. The summed E-state index contributed by atoms with van der Waals surface area (Å²) in [6.07, 6.45) is 2.78. The maximum absolute atomic E-state index is 14.2. The van der Waals surface area contributed by atoms with Crippen LogP contribution >= 0.6 is 11.6 Å². The number of halogens is 2. The molecule has 0 spiro atoms. The Morgan fingerprint density at radius 2 is 2.08 bits per heavy atom. The van der Waals surface area contributed by atoms with Gasteiger partial charge in [-0.15, -0.1) is 0 Å². The van der Waals surface area contributed by atoms with E-state index in [0.717, 1.165) is 22.6 Å². The number of benzene rings is 1. The van der Waals surface area contributed by atoms with E-state index in [-0.39, 0.29) is 11.7 Å². The molecule has 0 bridgehead atoms. The highest BCUT2D eigenvalue weighted by molar-refractivity contribution is 6.30. The largest absolute Gasteiger partial charge is 0.369 e. The summed E-state index contributed by atoms with van der Waals surface area (Å²) in [4.78, 5) is 12.9. The van der Waals surface area contributed by atoms with Crippen LogP contribution in [-0.2, 0) is 0 Å². The molecule has 0 fully saturated rings. The van der Waals surface area contributed by atoms with E-state index in [1.54, 1.807) is 6.20 Å². The van der Waals surface area contributed by atoms with Gasteiger partial charge in [-0.25, -0.2) is 19.3 Å². The first kappa shape index (κ1) is 15.8. The zero-order valence-electron chi connectivity index (χ0n) is 13.4. The number of aromatic nitrogens is 3. The molecule has 4 rings (SSSR count). The topological polar surface area (TPSA) is 62.7 Å². The van der Waals surface area contributed by atoms with E-state index >= 15 is 0 Å². The van der Waals surface area contributed by atoms with Crippen LogP contribution in [0.3, 0.4) is 0 Å². The standard InChI is InChI=1S/C18H15ClFN5/c1-10-4-2-3-5-15(10)24-18-14(20)9-23-17(25-18)13-8-22-16-12(13)6-11(19)7-21-16/h2-7,9,13H,8H2,1H3,(H,21,22)(H,23,24,25). The average Bonchev–Trinajstić information content (AvgIpc) is 3.02. The minimum atomic E-state index is -0.498. The van der Waals surface area contributed by atoms with Crippen LogP contribution in [0.4, 0.5) is 21.7 Å². The Labute approximate surface area is 149 Å². The Morgan fingerprint density at radius 3 is 2.92 bits per heavy atom. The molecule has 1 aromatic carbocycles. The van der Waals surface area contributed by atoms with Crippen LogP contribution in [-0.4, -0.2) is 21.5 Å². The number of pyridine rings is 1. The van der Waals surface area contributed by atoms with E-state index in [1.165, 1.54) is 6.20 Å². The molecule has 3 heterocycles. The molecule has 0 saturated carbocycles. The molecular weight excluding hydrogens is 341 g/mol. The second-order valence-corrected chi connectivity index (χ2v) is 6.33. The molecule has 0 radical (unpaired) electrons. The lowest BCUT2D eigenvalue weighted by Gasteiger charge is -2.13. The highest BCUT2D eigenvalue weighted by atomic mass is 35.5. The fourth-order valence-corrected chi connectivity index (χ4v) is 3.05. The van der Waals surface area contributed by atoms with Gasteiger partial charge < -0.3 is 10.6 Å². The van der Waals surface area contributed by atoms with Crippen LogP contribution in [0.2, 0.25) is 5.02 Å².